The molecule has 0 saturated heterocycles. The lowest BCUT2D eigenvalue weighted by Crippen LogP contribution is -2.19. The number of halogens is 1. The van der Waals surface area contributed by atoms with Gasteiger partial charge in [0.15, 0.2) is 0 Å². The molecule has 0 unspecified atom stereocenters. The quantitative estimate of drug-likeness (QED) is 0.553. The van der Waals surface area contributed by atoms with Crippen LogP contribution in [0.3, 0.4) is 0 Å². The average Bonchev–Trinajstić information content (AvgIpc) is 1.63. The summed E-state index contributed by atoms with van der Waals surface area (Å²) in [7, 11) is 0. The van der Waals surface area contributed by atoms with E-state index < -0.39 is 6.67 Å². The monoisotopic (exact) mass is 132 g/mol. The zero-order valence-corrected chi connectivity index (χ0v) is 5.65. The van der Waals surface area contributed by atoms with Crippen molar-refractivity contribution in [1.82, 2.24) is 0 Å². The van der Waals surface area contributed by atoms with Gasteiger partial charge in [-0.2, -0.15) is 0 Å². The highest BCUT2D eigenvalue weighted by Gasteiger charge is 1.99. The highest BCUT2D eigenvalue weighted by molar-refractivity contribution is 5.81. The first kappa shape index (κ1) is 8.56. The van der Waals surface area contributed by atoms with Crippen molar-refractivity contribution in [3.8, 4) is 0 Å². The number of hydrogen-bond acceptors (Lipinski definition) is 2. The van der Waals surface area contributed by atoms with Gasteiger partial charge >= 0.3 is 0 Å². The summed E-state index contributed by atoms with van der Waals surface area (Å²) in [5.74, 6) is 0. The van der Waals surface area contributed by atoms with Crippen molar-refractivity contribution >= 4 is 5.71 Å². The van der Waals surface area contributed by atoms with Gasteiger partial charge in [0.2, 0.25) is 0 Å². The van der Waals surface area contributed by atoms with Gasteiger partial charge in [0.25, 0.3) is 0 Å². The summed E-state index contributed by atoms with van der Waals surface area (Å²) >= 11 is 0. The molecule has 0 bridgehead atoms. The van der Waals surface area contributed by atoms with Crippen molar-refractivity contribution in [2.45, 2.75) is 25.8 Å². The molecule has 0 rings (SSSR count). The lowest BCUT2D eigenvalue weighted by Gasteiger charge is -2.03. The third-order valence-corrected chi connectivity index (χ3v) is 0.965. The number of nitrogens with one attached hydrogen (secondary N) is 1. The average molecular weight is 132 g/mol. The maximum absolute atomic E-state index is 11.5. The molecule has 0 aliphatic carbocycles. The molecule has 0 heterocycles. The molecule has 1 atom stereocenters. The van der Waals surface area contributed by atoms with Crippen molar-refractivity contribution in [3.63, 3.8) is 0 Å². The van der Waals surface area contributed by atoms with E-state index in [0.717, 1.165) is 0 Å². The molecule has 2 nitrogen and oxygen atoms in total. The van der Waals surface area contributed by atoms with Crippen LogP contribution in [-0.4, -0.2) is 18.4 Å². The van der Waals surface area contributed by atoms with E-state index in [1.807, 2.05) is 6.92 Å². The fourth-order valence-electron chi connectivity index (χ4n) is 0.605. The maximum Gasteiger partial charge on any atom is 0.0946 e. The molecule has 0 radical (unpaired) electrons. The molecule has 0 aliphatic rings. The summed E-state index contributed by atoms with van der Waals surface area (Å²) in [6, 6.07) is -0.0101. The number of rotatable bonds is 4. The molecule has 0 spiro atoms. The molecule has 0 aromatic heterocycles. The zero-order chi connectivity index (χ0) is 7.28. The Balaban J connectivity index is 3.27. The second-order valence-electron chi connectivity index (χ2n) is 2.22. The van der Waals surface area contributed by atoms with Crippen molar-refractivity contribution in [3.05, 3.63) is 0 Å². The lowest BCUT2D eigenvalue weighted by molar-refractivity contribution is 0.505. The number of nitrogens with two attached hydrogens (primary N) is 1. The first-order chi connectivity index (χ1) is 4.16. The molecule has 0 amide bonds. The summed E-state index contributed by atoms with van der Waals surface area (Å²) < 4.78 is 11.5. The van der Waals surface area contributed by atoms with Crippen LogP contribution in [0.4, 0.5) is 4.39 Å². The van der Waals surface area contributed by atoms with Crippen LogP contribution in [0.15, 0.2) is 0 Å². The van der Waals surface area contributed by atoms with Crippen LogP contribution in [0.25, 0.3) is 0 Å². The summed E-state index contributed by atoms with van der Waals surface area (Å²) in [4.78, 5) is 0. The maximum atomic E-state index is 11.5. The van der Waals surface area contributed by atoms with Gasteiger partial charge in [-0.15, -0.1) is 0 Å². The molecule has 9 heavy (non-hydrogen) atoms. The fourth-order valence-corrected chi connectivity index (χ4v) is 0.605. The van der Waals surface area contributed by atoms with Crippen LogP contribution < -0.4 is 5.73 Å². The summed E-state index contributed by atoms with van der Waals surface area (Å²) in [5.41, 5.74) is 5.77. The van der Waals surface area contributed by atoms with E-state index in [1.165, 1.54) is 0 Å². The smallest absolute Gasteiger partial charge is 0.0946 e. The van der Waals surface area contributed by atoms with Crippen LogP contribution in [0.5, 0.6) is 0 Å². The third kappa shape index (κ3) is 5.43. The van der Waals surface area contributed by atoms with Gasteiger partial charge in [-0.05, 0) is 13.3 Å². The van der Waals surface area contributed by atoms with Crippen LogP contribution in [0.1, 0.15) is 19.8 Å². The predicted molar refractivity (Wildman–Crippen MR) is 36.6 cm³/mol. The third-order valence-electron chi connectivity index (χ3n) is 0.965. The fraction of sp³-hybridized carbons (Fsp3) is 0.833. The SMILES string of the molecule is C[C@@H](N)CC(=N)CCF. The number of hydrogen-bond donors (Lipinski definition) is 2. The molecule has 0 aromatic carbocycles. The number of alkyl halides is 1. The van der Waals surface area contributed by atoms with E-state index in [0.29, 0.717) is 12.1 Å². The Hall–Kier alpha value is -0.440. The van der Waals surface area contributed by atoms with Crippen LogP contribution >= 0.6 is 0 Å². The molecular weight excluding hydrogens is 119 g/mol. The Morgan fingerprint density at radius 1 is 1.78 bits per heavy atom. The highest BCUT2D eigenvalue weighted by Crippen LogP contribution is 1.93. The van der Waals surface area contributed by atoms with Crippen molar-refractivity contribution in [1.29, 1.82) is 5.41 Å². The van der Waals surface area contributed by atoms with E-state index >= 15 is 0 Å². The first-order valence-corrected chi connectivity index (χ1v) is 3.04. The highest BCUT2D eigenvalue weighted by atomic mass is 19.1. The predicted octanol–water partition coefficient (Wildman–Crippen LogP) is 1.10. The summed E-state index contributed by atoms with van der Waals surface area (Å²) in [6.45, 7) is 1.37. The van der Waals surface area contributed by atoms with E-state index in [1.54, 1.807) is 0 Å². The Morgan fingerprint density at radius 2 is 2.33 bits per heavy atom. The van der Waals surface area contributed by atoms with Crippen molar-refractivity contribution < 1.29 is 4.39 Å². The zero-order valence-electron chi connectivity index (χ0n) is 5.65. The van der Waals surface area contributed by atoms with Gasteiger partial charge in [0.05, 0.1) is 6.67 Å². The molecular formula is C6H13FN2. The van der Waals surface area contributed by atoms with Crippen LogP contribution in [0.2, 0.25) is 0 Å². The van der Waals surface area contributed by atoms with Crippen LogP contribution in [-0.2, 0) is 0 Å². The van der Waals surface area contributed by atoms with E-state index in [2.05, 4.69) is 0 Å². The Labute approximate surface area is 54.8 Å². The second kappa shape index (κ2) is 4.44. The van der Waals surface area contributed by atoms with Crippen molar-refractivity contribution in [2.75, 3.05) is 6.67 Å². The Kier molecular flexibility index (Phi) is 4.22. The van der Waals surface area contributed by atoms with Gasteiger partial charge in [-0.3, -0.25) is 4.39 Å². The molecule has 3 N–H and O–H groups in total. The molecule has 54 valence electrons. The molecule has 0 saturated carbocycles. The largest absolute Gasteiger partial charge is 0.328 e. The van der Waals surface area contributed by atoms with E-state index in [-0.39, 0.29) is 12.5 Å². The minimum Gasteiger partial charge on any atom is -0.328 e. The van der Waals surface area contributed by atoms with Gasteiger partial charge in [0, 0.05) is 18.2 Å². The van der Waals surface area contributed by atoms with Gasteiger partial charge in [0.1, 0.15) is 0 Å². The Morgan fingerprint density at radius 3 is 2.67 bits per heavy atom. The van der Waals surface area contributed by atoms with Crippen LogP contribution in [0, 0.1) is 5.41 Å². The van der Waals surface area contributed by atoms with Crippen molar-refractivity contribution in [2.24, 2.45) is 5.73 Å². The first-order valence-electron chi connectivity index (χ1n) is 3.04. The lowest BCUT2D eigenvalue weighted by atomic mass is 10.1. The summed E-state index contributed by atoms with van der Waals surface area (Å²) in [6.07, 6.45) is 0.755. The topological polar surface area (TPSA) is 49.9 Å². The normalized spacial score (nSPS) is 13.2. The molecule has 0 aliphatic heterocycles. The minimum absolute atomic E-state index is 0.0101. The molecule has 0 aromatic rings. The molecule has 3 heteroatoms. The van der Waals surface area contributed by atoms with Gasteiger partial charge in [-0.1, -0.05) is 0 Å². The Bertz CT molecular complexity index is 91.1. The minimum atomic E-state index is -0.439. The van der Waals surface area contributed by atoms with Gasteiger partial charge < -0.3 is 11.1 Å². The second-order valence-corrected chi connectivity index (χ2v) is 2.22. The standard InChI is InChI=1S/C6H13FN2/c1-5(8)4-6(9)2-3-7/h5,9H,2-4,8H2,1H3/t5-/m1/s1. The van der Waals surface area contributed by atoms with E-state index in [4.69, 9.17) is 11.1 Å². The van der Waals surface area contributed by atoms with E-state index in [9.17, 15) is 4.39 Å². The molecule has 0 fully saturated rings. The summed E-state index contributed by atoms with van der Waals surface area (Å²) in [5, 5.41) is 7.10. The van der Waals surface area contributed by atoms with Gasteiger partial charge in [-0.25, -0.2) is 0 Å².